The first kappa shape index (κ1) is 16.1. The van der Waals surface area contributed by atoms with E-state index in [1.165, 1.54) is 16.9 Å². The number of hydrogen-bond donors (Lipinski definition) is 1. The Morgan fingerprint density at radius 2 is 2.23 bits per heavy atom. The van der Waals surface area contributed by atoms with Crippen molar-refractivity contribution in [3.63, 3.8) is 0 Å². The number of carbonyl (C=O) groups excluding carboxylic acids is 1. The Kier molecular flexibility index (Phi) is 5.57. The molecular weight excluding hydrogens is 285 g/mol. The van der Waals surface area contributed by atoms with Gasteiger partial charge < -0.3 is 5.32 Å². The molecule has 0 aliphatic rings. The number of amides is 1. The second kappa shape index (κ2) is 7.63. The van der Waals surface area contributed by atoms with Gasteiger partial charge in [0.05, 0.1) is 0 Å². The molecule has 7 heteroatoms. The second-order valence-electron chi connectivity index (χ2n) is 5.12. The van der Waals surface area contributed by atoms with E-state index in [1.54, 1.807) is 19.1 Å². The highest BCUT2D eigenvalue weighted by Crippen LogP contribution is 2.15. The Morgan fingerprint density at radius 3 is 2.95 bits per heavy atom. The van der Waals surface area contributed by atoms with Crippen molar-refractivity contribution in [3.8, 4) is 11.4 Å². The van der Waals surface area contributed by atoms with Gasteiger partial charge in [-0.25, -0.2) is 4.39 Å². The van der Waals surface area contributed by atoms with Crippen molar-refractivity contribution in [1.29, 1.82) is 0 Å². The van der Waals surface area contributed by atoms with E-state index in [-0.39, 0.29) is 11.7 Å². The number of aromatic nitrogens is 4. The SMILES string of the molecule is CCCCCNC(=O)[C@H](C)n1nnc(-c2cccc(F)c2)n1. The molecule has 0 spiro atoms. The first-order valence-electron chi connectivity index (χ1n) is 7.45. The average Bonchev–Trinajstić information content (AvgIpc) is 3.00. The summed E-state index contributed by atoms with van der Waals surface area (Å²) in [6.07, 6.45) is 3.14. The number of unbranched alkanes of at least 4 members (excludes halogenated alkanes) is 2. The van der Waals surface area contributed by atoms with Gasteiger partial charge in [0.15, 0.2) is 0 Å². The minimum absolute atomic E-state index is 0.153. The van der Waals surface area contributed by atoms with Gasteiger partial charge >= 0.3 is 0 Å². The second-order valence-corrected chi connectivity index (χ2v) is 5.12. The minimum atomic E-state index is -0.559. The lowest BCUT2D eigenvalue weighted by molar-refractivity contribution is -0.124. The van der Waals surface area contributed by atoms with Gasteiger partial charge in [-0.3, -0.25) is 4.79 Å². The van der Waals surface area contributed by atoms with Crippen LogP contribution < -0.4 is 5.32 Å². The van der Waals surface area contributed by atoms with Crippen LogP contribution in [0.3, 0.4) is 0 Å². The van der Waals surface area contributed by atoms with Crippen molar-refractivity contribution in [2.45, 2.75) is 39.2 Å². The predicted octanol–water partition coefficient (Wildman–Crippen LogP) is 2.35. The van der Waals surface area contributed by atoms with Gasteiger partial charge in [-0.2, -0.15) is 4.80 Å². The van der Waals surface area contributed by atoms with E-state index in [0.717, 1.165) is 19.3 Å². The molecule has 2 rings (SSSR count). The van der Waals surface area contributed by atoms with Crippen LogP contribution >= 0.6 is 0 Å². The molecule has 1 aromatic heterocycles. The third kappa shape index (κ3) is 4.09. The predicted molar refractivity (Wildman–Crippen MR) is 80.5 cm³/mol. The smallest absolute Gasteiger partial charge is 0.246 e. The van der Waals surface area contributed by atoms with Crippen LogP contribution in [-0.2, 0) is 4.79 Å². The first-order valence-corrected chi connectivity index (χ1v) is 7.45. The van der Waals surface area contributed by atoms with E-state index < -0.39 is 6.04 Å². The topological polar surface area (TPSA) is 72.7 Å². The summed E-state index contributed by atoms with van der Waals surface area (Å²) in [6.45, 7) is 4.45. The number of carbonyl (C=O) groups is 1. The molecule has 0 saturated carbocycles. The maximum atomic E-state index is 13.2. The molecule has 0 unspecified atom stereocenters. The molecule has 0 bridgehead atoms. The number of halogens is 1. The average molecular weight is 305 g/mol. The third-order valence-corrected chi connectivity index (χ3v) is 3.32. The van der Waals surface area contributed by atoms with Crippen molar-refractivity contribution < 1.29 is 9.18 Å². The van der Waals surface area contributed by atoms with Gasteiger partial charge in [-0.15, -0.1) is 10.2 Å². The molecular formula is C15H20FN5O. The van der Waals surface area contributed by atoms with Crippen molar-refractivity contribution >= 4 is 5.91 Å². The summed E-state index contributed by atoms with van der Waals surface area (Å²) in [5.41, 5.74) is 0.529. The molecule has 1 heterocycles. The normalized spacial score (nSPS) is 12.1. The fourth-order valence-electron chi connectivity index (χ4n) is 1.97. The van der Waals surface area contributed by atoms with Gasteiger partial charge in [-0.1, -0.05) is 31.9 Å². The molecule has 0 aliphatic carbocycles. The van der Waals surface area contributed by atoms with Crippen LogP contribution in [0.1, 0.15) is 39.2 Å². The van der Waals surface area contributed by atoms with Crippen molar-refractivity contribution in [2.75, 3.05) is 6.54 Å². The van der Waals surface area contributed by atoms with Crippen LogP contribution in [-0.4, -0.2) is 32.7 Å². The number of rotatable bonds is 7. The Bertz CT molecular complexity index is 628. The molecule has 1 aromatic carbocycles. The molecule has 0 radical (unpaired) electrons. The van der Waals surface area contributed by atoms with Gasteiger partial charge in [0, 0.05) is 12.1 Å². The van der Waals surface area contributed by atoms with Crippen LogP contribution in [0.15, 0.2) is 24.3 Å². The van der Waals surface area contributed by atoms with E-state index in [9.17, 15) is 9.18 Å². The standard InChI is InChI=1S/C15H20FN5O/c1-3-4-5-9-17-15(22)11(2)21-19-14(18-20-21)12-7-6-8-13(16)10-12/h6-8,10-11H,3-5,9H2,1-2H3,(H,17,22)/t11-/m0/s1. The van der Waals surface area contributed by atoms with Crippen LogP contribution in [0.2, 0.25) is 0 Å². The summed E-state index contributed by atoms with van der Waals surface area (Å²) in [6, 6.07) is 5.39. The Balaban J connectivity index is 1.99. The van der Waals surface area contributed by atoms with Crippen molar-refractivity contribution in [2.24, 2.45) is 0 Å². The zero-order valence-electron chi connectivity index (χ0n) is 12.8. The highest BCUT2D eigenvalue weighted by atomic mass is 19.1. The molecule has 1 amide bonds. The van der Waals surface area contributed by atoms with Crippen molar-refractivity contribution in [1.82, 2.24) is 25.5 Å². The summed E-state index contributed by atoms with van der Waals surface area (Å²) in [5.74, 6) is -0.222. The lowest BCUT2D eigenvalue weighted by Gasteiger charge is -2.10. The molecule has 1 atom stereocenters. The monoisotopic (exact) mass is 305 g/mol. The lowest BCUT2D eigenvalue weighted by atomic mass is 10.2. The number of nitrogens with zero attached hydrogens (tertiary/aromatic N) is 4. The summed E-state index contributed by atoms with van der Waals surface area (Å²) in [4.78, 5) is 13.3. The summed E-state index contributed by atoms with van der Waals surface area (Å²) < 4.78 is 13.2. The van der Waals surface area contributed by atoms with Crippen LogP contribution in [0, 0.1) is 5.82 Å². The van der Waals surface area contributed by atoms with E-state index in [1.807, 2.05) is 0 Å². The molecule has 6 nitrogen and oxygen atoms in total. The number of nitrogens with one attached hydrogen (secondary N) is 1. The minimum Gasteiger partial charge on any atom is -0.354 e. The van der Waals surface area contributed by atoms with Gasteiger partial charge in [0.2, 0.25) is 11.7 Å². The van der Waals surface area contributed by atoms with Crippen molar-refractivity contribution in [3.05, 3.63) is 30.1 Å². The number of tetrazole rings is 1. The zero-order valence-corrected chi connectivity index (χ0v) is 12.8. The first-order chi connectivity index (χ1) is 10.6. The fourth-order valence-corrected chi connectivity index (χ4v) is 1.97. The molecule has 22 heavy (non-hydrogen) atoms. The van der Waals surface area contributed by atoms with Gasteiger partial charge in [0.1, 0.15) is 11.9 Å². The fraction of sp³-hybridized carbons (Fsp3) is 0.467. The molecule has 0 fully saturated rings. The quantitative estimate of drug-likeness (QED) is 0.797. The van der Waals surface area contributed by atoms with E-state index >= 15 is 0 Å². The van der Waals surface area contributed by atoms with Crippen LogP contribution in [0.4, 0.5) is 4.39 Å². The Morgan fingerprint density at radius 1 is 1.41 bits per heavy atom. The summed E-state index contributed by atoms with van der Waals surface area (Å²) >= 11 is 0. The molecule has 0 saturated heterocycles. The number of hydrogen-bond acceptors (Lipinski definition) is 4. The van der Waals surface area contributed by atoms with E-state index in [0.29, 0.717) is 17.9 Å². The maximum Gasteiger partial charge on any atom is 0.246 e. The third-order valence-electron chi connectivity index (χ3n) is 3.32. The molecule has 2 aromatic rings. The van der Waals surface area contributed by atoms with E-state index in [4.69, 9.17) is 0 Å². The largest absolute Gasteiger partial charge is 0.354 e. The Labute approximate surface area is 128 Å². The summed E-state index contributed by atoms with van der Waals surface area (Å²) in [7, 11) is 0. The molecule has 118 valence electrons. The van der Waals surface area contributed by atoms with E-state index in [2.05, 4.69) is 27.7 Å². The maximum absolute atomic E-state index is 13.2. The van der Waals surface area contributed by atoms with Gasteiger partial charge in [-0.05, 0) is 30.7 Å². The molecule has 1 N–H and O–H groups in total. The Hall–Kier alpha value is -2.31. The molecule has 0 aliphatic heterocycles. The highest BCUT2D eigenvalue weighted by Gasteiger charge is 2.18. The highest BCUT2D eigenvalue weighted by molar-refractivity contribution is 5.79. The summed E-state index contributed by atoms with van der Waals surface area (Å²) in [5, 5.41) is 14.8. The van der Waals surface area contributed by atoms with Gasteiger partial charge in [0.25, 0.3) is 0 Å². The van der Waals surface area contributed by atoms with Crippen LogP contribution in [0.5, 0.6) is 0 Å². The number of benzene rings is 1. The zero-order chi connectivity index (χ0) is 15.9. The van der Waals surface area contributed by atoms with Crippen LogP contribution in [0.25, 0.3) is 11.4 Å². The lowest BCUT2D eigenvalue weighted by Crippen LogP contribution is -2.32.